The van der Waals surface area contributed by atoms with Crippen molar-refractivity contribution in [2.75, 3.05) is 6.54 Å². The molecule has 0 spiro atoms. The Bertz CT molecular complexity index is 387. The number of furan rings is 1. The van der Waals surface area contributed by atoms with Crippen molar-refractivity contribution in [2.24, 2.45) is 17.6 Å². The smallest absolute Gasteiger partial charge is 0.287 e. The third-order valence-corrected chi connectivity index (χ3v) is 3.65. The molecule has 4 nitrogen and oxygen atoms in total. The van der Waals surface area contributed by atoms with Crippen LogP contribution in [0.15, 0.2) is 16.5 Å². The molecule has 1 aliphatic carbocycles. The fourth-order valence-electron chi connectivity index (χ4n) is 2.45. The zero-order valence-electron chi connectivity index (χ0n) is 10.2. The van der Waals surface area contributed by atoms with E-state index in [1.54, 1.807) is 12.1 Å². The van der Waals surface area contributed by atoms with E-state index in [4.69, 9.17) is 10.2 Å². The monoisotopic (exact) mass is 236 g/mol. The van der Waals surface area contributed by atoms with Crippen LogP contribution in [0.2, 0.25) is 0 Å². The van der Waals surface area contributed by atoms with Gasteiger partial charge < -0.3 is 15.5 Å². The van der Waals surface area contributed by atoms with Gasteiger partial charge in [0.1, 0.15) is 5.76 Å². The number of nitrogens with one attached hydrogen (secondary N) is 1. The second-order valence-electron chi connectivity index (χ2n) is 4.85. The summed E-state index contributed by atoms with van der Waals surface area (Å²) in [7, 11) is 0. The Labute approximate surface area is 102 Å². The van der Waals surface area contributed by atoms with Crippen LogP contribution in [0.4, 0.5) is 0 Å². The van der Waals surface area contributed by atoms with Crippen LogP contribution >= 0.6 is 0 Å². The lowest BCUT2D eigenvalue weighted by molar-refractivity contribution is 0.0915. The molecule has 1 heterocycles. The van der Waals surface area contributed by atoms with E-state index >= 15 is 0 Å². The molecule has 0 saturated heterocycles. The molecule has 2 unspecified atom stereocenters. The zero-order chi connectivity index (χ0) is 12.3. The molecule has 1 aromatic rings. The Morgan fingerprint density at radius 2 is 2.35 bits per heavy atom. The summed E-state index contributed by atoms with van der Waals surface area (Å²) >= 11 is 0. The lowest BCUT2D eigenvalue weighted by Crippen LogP contribution is -2.30. The molecule has 1 aliphatic rings. The molecule has 0 aromatic carbocycles. The summed E-state index contributed by atoms with van der Waals surface area (Å²) in [4.78, 5) is 11.8. The van der Waals surface area contributed by atoms with E-state index in [0.717, 1.165) is 6.54 Å². The fraction of sp³-hybridized carbons (Fsp3) is 0.615. The van der Waals surface area contributed by atoms with Gasteiger partial charge in [-0.2, -0.15) is 0 Å². The molecule has 0 aliphatic heterocycles. The Morgan fingerprint density at radius 3 is 2.94 bits per heavy atom. The van der Waals surface area contributed by atoms with E-state index in [9.17, 15) is 4.79 Å². The summed E-state index contributed by atoms with van der Waals surface area (Å²) in [5.74, 6) is 2.19. The van der Waals surface area contributed by atoms with Crippen LogP contribution in [0.3, 0.4) is 0 Å². The molecule has 2 atom stereocenters. The molecular weight excluding hydrogens is 216 g/mol. The quantitative estimate of drug-likeness (QED) is 0.839. The number of carbonyl (C=O) groups excluding carboxylic acids is 1. The van der Waals surface area contributed by atoms with Gasteiger partial charge in [0.2, 0.25) is 0 Å². The van der Waals surface area contributed by atoms with Crippen molar-refractivity contribution in [3.8, 4) is 0 Å². The first-order valence-corrected chi connectivity index (χ1v) is 6.27. The Morgan fingerprint density at radius 1 is 1.53 bits per heavy atom. The van der Waals surface area contributed by atoms with Gasteiger partial charge in [0.15, 0.2) is 5.76 Å². The predicted molar refractivity (Wildman–Crippen MR) is 65.4 cm³/mol. The SMILES string of the molecule is CC1CCCC1CNC(=O)c1ccc(CN)o1. The van der Waals surface area contributed by atoms with Gasteiger partial charge >= 0.3 is 0 Å². The van der Waals surface area contributed by atoms with Crippen LogP contribution in [0.5, 0.6) is 0 Å². The standard InChI is InChI=1S/C13H20N2O2/c1-9-3-2-4-10(9)8-15-13(16)12-6-5-11(7-14)17-12/h5-6,9-10H,2-4,7-8,14H2,1H3,(H,15,16). The lowest BCUT2D eigenvalue weighted by atomic mass is 9.98. The second-order valence-corrected chi connectivity index (χ2v) is 4.85. The van der Waals surface area contributed by atoms with Crippen LogP contribution < -0.4 is 11.1 Å². The first-order chi connectivity index (χ1) is 8.20. The highest BCUT2D eigenvalue weighted by Crippen LogP contribution is 2.30. The molecule has 17 heavy (non-hydrogen) atoms. The first kappa shape index (κ1) is 12.2. The largest absolute Gasteiger partial charge is 0.455 e. The molecule has 2 rings (SSSR count). The van der Waals surface area contributed by atoms with E-state index < -0.39 is 0 Å². The van der Waals surface area contributed by atoms with Crippen molar-refractivity contribution < 1.29 is 9.21 Å². The van der Waals surface area contributed by atoms with Crippen molar-refractivity contribution in [3.05, 3.63) is 23.7 Å². The van der Waals surface area contributed by atoms with Gasteiger partial charge in [-0.3, -0.25) is 4.79 Å². The summed E-state index contributed by atoms with van der Waals surface area (Å²) in [6.45, 7) is 3.33. The van der Waals surface area contributed by atoms with Gasteiger partial charge in [-0.05, 0) is 30.4 Å². The molecule has 1 saturated carbocycles. The maximum Gasteiger partial charge on any atom is 0.287 e. The third-order valence-electron chi connectivity index (χ3n) is 3.65. The Hall–Kier alpha value is -1.29. The fourth-order valence-corrected chi connectivity index (χ4v) is 2.45. The minimum atomic E-state index is -0.135. The van der Waals surface area contributed by atoms with Crippen LogP contribution in [-0.4, -0.2) is 12.5 Å². The van der Waals surface area contributed by atoms with Crippen molar-refractivity contribution in [1.82, 2.24) is 5.32 Å². The van der Waals surface area contributed by atoms with Gasteiger partial charge in [-0.15, -0.1) is 0 Å². The van der Waals surface area contributed by atoms with E-state index in [0.29, 0.717) is 29.9 Å². The van der Waals surface area contributed by atoms with E-state index in [1.807, 2.05) is 0 Å². The molecule has 94 valence electrons. The van der Waals surface area contributed by atoms with Crippen LogP contribution in [-0.2, 0) is 6.54 Å². The van der Waals surface area contributed by atoms with E-state index in [2.05, 4.69) is 12.2 Å². The summed E-state index contributed by atoms with van der Waals surface area (Å²) < 4.78 is 5.30. The van der Waals surface area contributed by atoms with Crippen LogP contribution in [0.1, 0.15) is 42.5 Å². The zero-order valence-corrected chi connectivity index (χ0v) is 10.2. The summed E-state index contributed by atoms with van der Waals surface area (Å²) in [6.07, 6.45) is 3.77. The van der Waals surface area contributed by atoms with E-state index in [1.165, 1.54) is 19.3 Å². The number of hydrogen-bond acceptors (Lipinski definition) is 3. The van der Waals surface area contributed by atoms with E-state index in [-0.39, 0.29) is 5.91 Å². The first-order valence-electron chi connectivity index (χ1n) is 6.27. The highest BCUT2D eigenvalue weighted by atomic mass is 16.4. The predicted octanol–water partition coefficient (Wildman–Crippen LogP) is 1.90. The Kier molecular flexibility index (Phi) is 3.84. The molecule has 4 heteroatoms. The highest BCUT2D eigenvalue weighted by Gasteiger charge is 2.24. The molecular formula is C13H20N2O2. The van der Waals surface area contributed by atoms with Crippen LogP contribution in [0, 0.1) is 11.8 Å². The summed E-state index contributed by atoms with van der Waals surface area (Å²) in [5, 5.41) is 2.94. The minimum Gasteiger partial charge on any atom is -0.455 e. The molecule has 3 N–H and O–H groups in total. The number of rotatable bonds is 4. The van der Waals surface area contributed by atoms with Gasteiger partial charge in [-0.25, -0.2) is 0 Å². The average molecular weight is 236 g/mol. The normalized spacial score (nSPS) is 23.9. The maximum absolute atomic E-state index is 11.8. The molecule has 0 radical (unpaired) electrons. The average Bonchev–Trinajstić information content (AvgIpc) is 2.94. The van der Waals surface area contributed by atoms with Gasteiger partial charge in [0.25, 0.3) is 5.91 Å². The second kappa shape index (κ2) is 5.36. The highest BCUT2D eigenvalue weighted by molar-refractivity contribution is 5.91. The topological polar surface area (TPSA) is 68.3 Å². The van der Waals surface area contributed by atoms with Crippen molar-refractivity contribution in [1.29, 1.82) is 0 Å². The molecule has 0 bridgehead atoms. The van der Waals surface area contributed by atoms with Crippen molar-refractivity contribution >= 4 is 5.91 Å². The van der Waals surface area contributed by atoms with Crippen molar-refractivity contribution in [2.45, 2.75) is 32.7 Å². The molecule has 1 fully saturated rings. The van der Waals surface area contributed by atoms with Gasteiger partial charge in [0.05, 0.1) is 6.54 Å². The minimum absolute atomic E-state index is 0.135. The van der Waals surface area contributed by atoms with Gasteiger partial charge in [0, 0.05) is 6.54 Å². The number of hydrogen-bond donors (Lipinski definition) is 2. The van der Waals surface area contributed by atoms with Crippen molar-refractivity contribution in [3.63, 3.8) is 0 Å². The third kappa shape index (κ3) is 2.88. The lowest BCUT2D eigenvalue weighted by Gasteiger charge is -2.15. The molecule has 1 aromatic heterocycles. The Balaban J connectivity index is 1.84. The van der Waals surface area contributed by atoms with Crippen LogP contribution in [0.25, 0.3) is 0 Å². The number of carbonyl (C=O) groups is 1. The summed E-state index contributed by atoms with van der Waals surface area (Å²) in [6, 6.07) is 3.42. The van der Waals surface area contributed by atoms with Gasteiger partial charge in [-0.1, -0.05) is 19.8 Å². The summed E-state index contributed by atoms with van der Waals surface area (Å²) in [5.41, 5.74) is 5.43. The maximum atomic E-state index is 11.8. The number of amides is 1. The molecule has 1 amide bonds. The number of nitrogens with two attached hydrogens (primary N) is 1.